The molecule has 1 aliphatic heterocycles. The molecule has 1 unspecified atom stereocenters. The lowest BCUT2D eigenvalue weighted by Crippen LogP contribution is -2.24. The molecule has 4 rings (SSSR count). The van der Waals surface area contributed by atoms with Crippen LogP contribution in [0.5, 0.6) is 0 Å². The Morgan fingerprint density at radius 1 is 1.24 bits per heavy atom. The Labute approximate surface area is 189 Å². The van der Waals surface area contributed by atoms with Gasteiger partial charge in [0.1, 0.15) is 5.82 Å². The van der Waals surface area contributed by atoms with Gasteiger partial charge in [0, 0.05) is 18.0 Å². The topological polar surface area (TPSA) is 145 Å². The maximum absolute atomic E-state index is 12.3. The zero-order chi connectivity index (χ0) is 23.8. The predicted octanol–water partition coefficient (Wildman–Crippen LogP) is 1.13. The fraction of sp³-hybridized carbons (Fsp3) is 0.333. The van der Waals surface area contributed by atoms with Crippen LogP contribution in [-0.2, 0) is 19.4 Å². The molecule has 0 radical (unpaired) electrons. The summed E-state index contributed by atoms with van der Waals surface area (Å²) in [4.78, 5) is 39.1. The molecule has 3 heterocycles. The summed E-state index contributed by atoms with van der Waals surface area (Å²) in [5.41, 5.74) is 1.87. The Bertz CT molecular complexity index is 1370. The van der Waals surface area contributed by atoms with Gasteiger partial charge in [0.05, 0.1) is 34.5 Å². The predicted molar refractivity (Wildman–Crippen MR) is 119 cm³/mol. The Hall–Kier alpha value is -3.67. The van der Waals surface area contributed by atoms with Crippen LogP contribution in [0.25, 0.3) is 5.69 Å². The first kappa shape index (κ1) is 22.5. The minimum atomic E-state index is -3.12. The highest BCUT2D eigenvalue weighted by molar-refractivity contribution is 7.91. The van der Waals surface area contributed by atoms with Gasteiger partial charge in [-0.1, -0.05) is 0 Å². The first-order chi connectivity index (χ1) is 15.6. The van der Waals surface area contributed by atoms with Gasteiger partial charge in [-0.15, -0.1) is 0 Å². The molecule has 2 N–H and O–H groups in total. The molecule has 1 saturated heterocycles. The van der Waals surface area contributed by atoms with Crippen molar-refractivity contribution in [2.75, 3.05) is 23.4 Å². The van der Waals surface area contributed by atoms with E-state index in [1.165, 1.54) is 21.4 Å². The number of aromatic amines is 1. The molecular weight excluding hydrogens is 450 g/mol. The zero-order valence-corrected chi connectivity index (χ0v) is 18.9. The third-order valence-electron chi connectivity index (χ3n) is 5.34. The van der Waals surface area contributed by atoms with Crippen molar-refractivity contribution >= 4 is 27.5 Å². The molecule has 1 aromatic carbocycles. The van der Waals surface area contributed by atoms with Gasteiger partial charge in [0.25, 0.3) is 5.91 Å². The largest absolute Gasteiger partial charge is 0.452 e. The standard InChI is InChI=1S/C21H23N5O6S/c1-13-9-18(26(24-13)17-7-8-33(30,31)12-17)23-19(27)11-32-20(28)15-3-5-16(6-4-15)25-14(2)10-22-21(25)29/h3-6,9-10,17H,7-8,11-12H2,1-2H3,(H,22,29)(H,23,27). The van der Waals surface area contributed by atoms with E-state index in [9.17, 15) is 22.8 Å². The Kier molecular flexibility index (Phi) is 5.93. The summed E-state index contributed by atoms with van der Waals surface area (Å²) in [6.45, 7) is 2.99. The number of benzene rings is 1. The molecule has 33 heavy (non-hydrogen) atoms. The molecule has 0 aliphatic carbocycles. The lowest BCUT2D eigenvalue weighted by Gasteiger charge is -2.14. The molecule has 0 spiro atoms. The van der Waals surface area contributed by atoms with Crippen molar-refractivity contribution in [2.45, 2.75) is 26.3 Å². The van der Waals surface area contributed by atoms with Crippen molar-refractivity contribution in [1.29, 1.82) is 0 Å². The number of anilines is 1. The van der Waals surface area contributed by atoms with Crippen molar-refractivity contribution in [3.8, 4) is 5.69 Å². The number of nitrogens with one attached hydrogen (secondary N) is 2. The average molecular weight is 474 g/mol. The van der Waals surface area contributed by atoms with Crippen molar-refractivity contribution in [3.05, 3.63) is 64.0 Å². The summed E-state index contributed by atoms with van der Waals surface area (Å²) in [7, 11) is -3.12. The van der Waals surface area contributed by atoms with Crippen LogP contribution in [0, 0.1) is 13.8 Å². The van der Waals surface area contributed by atoms with Gasteiger partial charge < -0.3 is 15.0 Å². The van der Waals surface area contributed by atoms with Crippen molar-refractivity contribution < 1.29 is 22.7 Å². The normalized spacial score (nSPS) is 17.1. The van der Waals surface area contributed by atoms with E-state index >= 15 is 0 Å². The number of sulfone groups is 1. The first-order valence-electron chi connectivity index (χ1n) is 10.2. The van der Waals surface area contributed by atoms with Gasteiger partial charge in [-0.2, -0.15) is 5.10 Å². The molecule has 0 saturated carbocycles. The van der Waals surface area contributed by atoms with E-state index in [-0.39, 0.29) is 28.8 Å². The van der Waals surface area contributed by atoms with Crippen molar-refractivity contribution in [3.63, 3.8) is 0 Å². The molecule has 0 bridgehead atoms. The van der Waals surface area contributed by atoms with Crippen LogP contribution in [0.15, 0.2) is 41.3 Å². The average Bonchev–Trinajstić information content (AvgIpc) is 3.42. The second-order valence-electron chi connectivity index (χ2n) is 7.91. The minimum absolute atomic E-state index is 0.0314. The highest BCUT2D eigenvalue weighted by Gasteiger charge is 2.31. The number of carbonyl (C=O) groups excluding carboxylic acids is 2. The number of ether oxygens (including phenoxy) is 1. The maximum atomic E-state index is 12.3. The van der Waals surface area contributed by atoms with Gasteiger partial charge in [0.2, 0.25) is 0 Å². The number of amides is 1. The number of hydrogen-bond acceptors (Lipinski definition) is 7. The summed E-state index contributed by atoms with van der Waals surface area (Å²) in [5, 5.41) is 6.93. The molecule has 1 atom stereocenters. The number of esters is 1. The quantitative estimate of drug-likeness (QED) is 0.511. The third kappa shape index (κ3) is 4.90. The van der Waals surface area contributed by atoms with Crippen LogP contribution in [0.4, 0.5) is 5.82 Å². The summed E-state index contributed by atoms with van der Waals surface area (Å²) in [6, 6.07) is 7.51. The SMILES string of the molecule is Cc1cc(NC(=O)COC(=O)c2ccc(-n3c(C)c[nH]c3=O)cc2)n(C2CCS(=O)(=O)C2)n1. The molecule has 174 valence electrons. The monoisotopic (exact) mass is 473 g/mol. The Balaban J connectivity index is 1.37. The summed E-state index contributed by atoms with van der Waals surface area (Å²) in [5.74, 6) is -0.861. The Morgan fingerprint density at radius 2 is 1.97 bits per heavy atom. The fourth-order valence-corrected chi connectivity index (χ4v) is 5.46. The fourth-order valence-electron chi connectivity index (χ4n) is 3.77. The van der Waals surface area contributed by atoms with Crippen molar-refractivity contribution in [1.82, 2.24) is 19.3 Å². The smallest absolute Gasteiger partial charge is 0.338 e. The first-order valence-corrected chi connectivity index (χ1v) is 12.1. The second-order valence-corrected chi connectivity index (χ2v) is 10.1. The van der Waals surface area contributed by atoms with E-state index in [0.717, 1.165) is 5.69 Å². The molecule has 1 fully saturated rings. The van der Waals surface area contributed by atoms with E-state index < -0.39 is 28.3 Å². The van der Waals surface area contributed by atoms with E-state index in [2.05, 4.69) is 15.4 Å². The molecule has 11 nitrogen and oxygen atoms in total. The van der Waals surface area contributed by atoms with Crippen LogP contribution in [-0.4, -0.2) is 57.7 Å². The number of imidazole rings is 1. The number of rotatable bonds is 6. The van der Waals surface area contributed by atoms with E-state index in [1.54, 1.807) is 38.2 Å². The molecule has 1 amide bonds. The highest BCUT2D eigenvalue weighted by Crippen LogP contribution is 2.27. The van der Waals surface area contributed by atoms with Gasteiger partial charge in [-0.25, -0.2) is 22.7 Å². The summed E-state index contributed by atoms with van der Waals surface area (Å²) in [6.07, 6.45) is 2.01. The van der Waals surface area contributed by atoms with E-state index in [1.807, 2.05) is 0 Å². The number of aryl methyl sites for hydroxylation is 2. The lowest BCUT2D eigenvalue weighted by atomic mass is 10.2. The summed E-state index contributed by atoms with van der Waals surface area (Å²) < 4.78 is 31.6. The van der Waals surface area contributed by atoms with E-state index in [4.69, 9.17) is 4.74 Å². The lowest BCUT2D eigenvalue weighted by molar-refractivity contribution is -0.119. The van der Waals surface area contributed by atoms with Gasteiger partial charge in [0.15, 0.2) is 16.4 Å². The van der Waals surface area contributed by atoms with Crippen molar-refractivity contribution in [2.24, 2.45) is 0 Å². The van der Waals surface area contributed by atoms with Crippen LogP contribution in [0.3, 0.4) is 0 Å². The summed E-state index contributed by atoms with van der Waals surface area (Å²) >= 11 is 0. The molecule has 12 heteroatoms. The Morgan fingerprint density at radius 3 is 2.58 bits per heavy atom. The number of aromatic nitrogens is 4. The number of hydrogen-bond donors (Lipinski definition) is 2. The maximum Gasteiger partial charge on any atom is 0.338 e. The highest BCUT2D eigenvalue weighted by atomic mass is 32.2. The molecule has 2 aromatic heterocycles. The zero-order valence-electron chi connectivity index (χ0n) is 18.1. The second kappa shape index (κ2) is 8.70. The third-order valence-corrected chi connectivity index (χ3v) is 7.09. The number of nitrogens with zero attached hydrogens (tertiary/aromatic N) is 3. The van der Waals surface area contributed by atoms with E-state index in [0.29, 0.717) is 23.6 Å². The van der Waals surface area contributed by atoms with Crippen LogP contribution < -0.4 is 11.0 Å². The van der Waals surface area contributed by atoms with Crippen LogP contribution in [0.1, 0.15) is 34.2 Å². The minimum Gasteiger partial charge on any atom is -0.452 e. The van der Waals surface area contributed by atoms with Crippen LogP contribution in [0.2, 0.25) is 0 Å². The molecule has 3 aromatic rings. The van der Waals surface area contributed by atoms with Gasteiger partial charge in [-0.05, 0) is 44.5 Å². The van der Waals surface area contributed by atoms with Gasteiger partial charge in [-0.3, -0.25) is 9.36 Å². The molecule has 1 aliphatic rings. The van der Waals surface area contributed by atoms with Crippen LogP contribution >= 0.6 is 0 Å². The number of H-pyrrole nitrogens is 1. The van der Waals surface area contributed by atoms with Gasteiger partial charge >= 0.3 is 11.7 Å². The number of carbonyl (C=O) groups is 2. The molecular formula is C21H23N5O6S.